The molecular weight excluding hydrogens is 184 g/mol. The Hall–Kier alpha value is -1.11. The average molecular weight is 206 g/mol. The van der Waals surface area contributed by atoms with Crippen molar-refractivity contribution in [3.8, 4) is 0 Å². The monoisotopic (exact) mass is 206 g/mol. The number of rotatable bonds is 6. The number of hydrogen-bond acceptors (Lipinski definition) is 1. The second kappa shape index (κ2) is 8.22. The molecule has 0 fully saturated rings. The SMILES string of the molecule is CC=CCCC=CCC(C(C)=O)=C(C)C. The number of allylic oxidation sites excluding steroid dienone is 6. The molecule has 0 aromatic rings. The molecule has 0 aromatic carbocycles. The predicted molar refractivity (Wildman–Crippen MR) is 66.9 cm³/mol. The maximum Gasteiger partial charge on any atom is 0.156 e. The maximum atomic E-state index is 11.2. The van der Waals surface area contributed by atoms with Crippen molar-refractivity contribution in [2.45, 2.75) is 47.0 Å². The Kier molecular flexibility index (Phi) is 7.61. The summed E-state index contributed by atoms with van der Waals surface area (Å²) < 4.78 is 0. The Morgan fingerprint density at radius 1 is 1.00 bits per heavy atom. The third-order valence-corrected chi connectivity index (χ3v) is 2.25. The molecule has 0 aliphatic carbocycles. The van der Waals surface area contributed by atoms with Crippen molar-refractivity contribution in [2.24, 2.45) is 0 Å². The third kappa shape index (κ3) is 6.89. The van der Waals surface area contributed by atoms with Crippen LogP contribution in [0.1, 0.15) is 47.0 Å². The highest BCUT2D eigenvalue weighted by Crippen LogP contribution is 2.10. The lowest BCUT2D eigenvalue weighted by Gasteiger charge is -2.01. The number of carbonyl (C=O) groups excluding carboxylic acids is 1. The summed E-state index contributed by atoms with van der Waals surface area (Å²) in [6, 6.07) is 0. The number of hydrogen-bond donors (Lipinski definition) is 0. The highest BCUT2D eigenvalue weighted by atomic mass is 16.1. The zero-order chi connectivity index (χ0) is 11.7. The van der Waals surface area contributed by atoms with Gasteiger partial charge >= 0.3 is 0 Å². The second-order valence-corrected chi connectivity index (χ2v) is 3.86. The van der Waals surface area contributed by atoms with E-state index in [1.165, 1.54) is 0 Å². The third-order valence-electron chi connectivity index (χ3n) is 2.25. The van der Waals surface area contributed by atoms with Gasteiger partial charge in [-0.05, 0) is 52.5 Å². The molecule has 0 N–H and O–H groups in total. The van der Waals surface area contributed by atoms with Gasteiger partial charge in [0.05, 0.1) is 0 Å². The molecular formula is C14H22O. The van der Waals surface area contributed by atoms with Gasteiger partial charge in [-0.25, -0.2) is 0 Å². The van der Waals surface area contributed by atoms with Gasteiger partial charge in [0.2, 0.25) is 0 Å². The summed E-state index contributed by atoms with van der Waals surface area (Å²) in [6.07, 6.45) is 11.4. The van der Waals surface area contributed by atoms with Crippen LogP contribution in [0.3, 0.4) is 0 Å². The molecule has 0 bridgehead atoms. The minimum Gasteiger partial charge on any atom is -0.295 e. The summed E-state index contributed by atoms with van der Waals surface area (Å²) in [4.78, 5) is 11.2. The Bertz CT molecular complexity index is 276. The molecule has 1 heteroatoms. The van der Waals surface area contributed by atoms with Crippen LogP contribution in [0.4, 0.5) is 0 Å². The fraction of sp³-hybridized carbons (Fsp3) is 0.500. The predicted octanol–water partition coefficient (Wildman–Crippen LogP) is 4.21. The molecule has 0 saturated carbocycles. The van der Waals surface area contributed by atoms with Gasteiger partial charge in [-0.15, -0.1) is 0 Å². The van der Waals surface area contributed by atoms with Crippen LogP contribution in [0.2, 0.25) is 0 Å². The first-order valence-corrected chi connectivity index (χ1v) is 5.53. The summed E-state index contributed by atoms with van der Waals surface area (Å²) in [7, 11) is 0. The van der Waals surface area contributed by atoms with Gasteiger partial charge in [0.1, 0.15) is 0 Å². The van der Waals surface area contributed by atoms with E-state index in [-0.39, 0.29) is 5.78 Å². The summed E-state index contributed by atoms with van der Waals surface area (Å²) in [5.74, 6) is 0.188. The van der Waals surface area contributed by atoms with E-state index in [0.717, 1.165) is 30.4 Å². The normalized spacial score (nSPS) is 11.2. The zero-order valence-corrected chi connectivity index (χ0v) is 10.3. The van der Waals surface area contributed by atoms with Crippen molar-refractivity contribution in [3.05, 3.63) is 35.5 Å². The largest absolute Gasteiger partial charge is 0.295 e. The molecule has 0 spiro atoms. The Morgan fingerprint density at radius 3 is 2.07 bits per heavy atom. The molecule has 15 heavy (non-hydrogen) atoms. The van der Waals surface area contributed by atoms with Crippen molar-refractivity contribution >= 4 is 5.78 Å². The van der Waals surface area contributed by atoms with Crippen molar-refractivity contribution in [3.63, 3.8) is 0 Å². The Balaban J connectivity index is 4.02. The van der Waals surface area contributed by atoms with Gasteiger partial charge in [-0.1, -0.05) is 29.9 Å². The highest BCUT2D eigenvalue weighted by molar-refractivity contribution is 5.94. The van der Waals surface area contributed by atoms with Crippen LogP contribution >= 0.6 is 0 Å². The van der Waals surface area contributed by atoms with E-state index in [0.29, 0.717) is 0 Å². The smallest absolute Gasteiger partial charge is 0.156 e. The number of unbranched alkanes of at least 4 members (excludes halogenated alkanes) is 1. The molecule has 0 heterocycles. The van der Waals surface area contributed by atoms with E-state index in [2.05, 4.69) is 24.3 Å². The summed E-state index contributed by atoms with van der Waals surface area (Å²) in [5.41, 5.74) is 2.07. The lowest BCUT2D eigenvalue weighted by Crippen LogP contribution is -1.97. The first-order chi connectivity index (χ1) is 7.09. The molecule has 0 atom stereocenters. The molecule has 0 rings (SSSR count). The first-order valence-electron chi connectivity index (χ1n) is 5.53. The summed E-state index contributed by atoms with van der Waals surface area (Å²) in [6.45, 7) is 7.64. The van der Waals surface area contributed by atoms with E-state index >= 15 is 0 Å². The molecule has 0 unspecified atom stereocenters. The van der Waals surface area contributed by atoms with Crippen LogP contribution in [0.5, 0.6) is 0 Å². The van der Waals surface area contributed by atoms with Gasteiger partial charge in [-0.2, -0.15) is 0 Å². The maximum absolute atomic E-state index is 11.2. The lowest BCUT2D eigenvalue weighted by atomic mass is 10.0. The minimum absolute atomic E-state index is 0.188. The van der Waals surface area contributed by atoms with E-state index in [1.54, 1.807) is 6.92 Å². The van der Waals surface area contributed by atoms with Gasteiger partial charge in [-0.3, -0.25) is 4.79 Å². The molecule has 0 saturated heterocycles. The standard InChI is InChI=1S/C14H22O/c1-5-6-7-8-9-10-11-14(12(2)3)13(4)15/h5-6,9-10H,7-8,11H2,1-4H3. The van der Waals surface area contributed by atoms with Crippen LogP contribution in [-0.4, -0.2) is 5.78 Å². The van der Waals surface area contributed by atoms with Gasteiger partial charge in [0.25, 0.3) is 0 Å². The molecule has 0 radical (unpaired) electrons. The fourth-order valence-electron chi connectivity index (χ4n) is 1.38. The topological polar surface area (TPSA) is 17.1 Å². The molecule has 1 nitrogen and oxygen atoms in total. The molecule has 0 amide bonds. The van der Waals surface area contributed by atoms with E-state index in [4.69, 9.17) is 0 Å². The van der Waals surface area contributed by atoms with Crippen molar-refractivity contribution in [1.82, 2.24) is 0 Å². The highest BCUT2D eigenvalue weighted by Gasteiger charge is 2.02. The molecule has 0 aromatic heterocycles. The van der Waals surface area contributed by atoms with Crippen LogP contribution in [-0.2, 0) is 4.79 Å². The van der Waals surface area contributed by atoms with Gasteiger partial charge < -0.3 is 0 Å². The molecule has 0 aliphatic heterocycles. The summed E-state index contributed by atoms with van der Waals surface area (Å²) in [5, 5.41) is 0. The van der Waals surface area contributed by atoms with Crippen LogP contribution in [0, 0.1) is 0 Å². The van der Waals surface area contributed by atoms with Gasteiger partial charge in [0, 0.05) is 0 Å². The van der Waals surface area contributed by atoms with Crippen molar-refractivity contribution < 1.29 is 4.79 Å². The fourth-order valence-corrected chi connectivity index (χ4v) is 1.38. The van der Waals surface area contributed by atoms with Crippen molar-refractivity contribution in [2.75, 3.05) is 0 Å². The van der Waals surface area contributed by atoms with Crippen molar-refractivity contribution in [1.29, 1.82) is 0 Å². The average Bonchev–Trinajstić information content (AvgIpc) is 2.15. The Morgan fingerprint density at radius 2 is 1.60 bits per heavy atom. The molecule has 84 valence electrons. The number of Topliss-reactive ketones (excluding diaryl/α,β-unsaturated/α-hetero) is 1. The van der Waals surface area contributed by atoms with Crippen LogP contribution < -0.4 is 0 Å². The van der Waals surface area contributed by atoms with Crippen LogP contribution in [0.15, 0.2) is 35.5 Å². The van der Waals surface area contributed by atoms with E-state index < -0.39 is 0 Å². The second-order valence-electron chi connectivity index (χ2n) is 3.86. The zero-order valence-electron chi connectivity index (χ0n) is 10.3. The quantitative estimate of drug-likeness (QED) is 0.361. The number of ketones is 1. The minimum atomic E-state index is 0.188. The van der Waals surface area contributed by atoms with E-state index in [1.807, 2.05) is 20.8 Å². The molecule has 0 aliphatic rings. The lowest BCUT2D eigenvalue weighted by molar-refractivity contribution is -0.113. The van der Waals surface area contributed by atoms with E-state index in [9.17, 15) is 4.79 Å². The summed E-state index contributed by atoms with van der Waals surface area (Å²) >= 11 is 0. The Labute approximate surface area is 93.6 Å². The number of carbonyl (C=O) groups is 1. The first kappa shape index (κ1) is 13.9. The van der Waals surface area contributed by atoms with Gasteiger partial charge in [0.15, 0.2) is 5.78 Å². The van der Waals surface area contributed by atoms with Crippen LogP contribution in [0.25, 0.3) is 0 Å².